The molecule has 3 rings (SSSR count). The SMILES string of the molecule is CC(O/N=[N+](\[O-])N1CCC1)OC(=O)C1=Cc2cc(Cl)c(C(C)(C)C)cc2O[C@@H]1C(F)(F)F. The molecular weight excluding hydrogens is 455 g/mol. The first kappa shape index (κ1) is 24.0. The number of nitrogens with zero attached hydrogens (tertiary/aromatic N) is 3. The van der Waals surface area contributed by atoms with Crippen LogP contribution in [0, 0.1) is 5.21 Å². The summed E-state index contributed by atoms with van der Waals surface area (Å²) < 4.78 is 51.1. The number of alkyl halides is 3. The molecule has 0 spiro atoms. The highest BCUT2D eigenvalue weighted by molar-refractivity contribution is 6.31. The number of carbonyl (C=O) groups excluding carboxylic acids is 1. The predicted octanol–water partition coefficient (Wildman–Crippen LogP) is 4.75. The number of ether oxygens (including phenoxy) is 2. The standard InChI is InChI=1S/C20H23ClF3N3O5/c1-11(32-25-27(29)26-6-5-7-26)30-18(28)13-8-12-9-15(21)14(19(2,3)4)10-16(12)31-17(13)20(22,23)24/h8-11,17H,5-7H2,1-4H3/b27-25-/t11?,17-/m0/s1. The van der Waals surface area contributed by atoms with E-state index in [-0.39, 0.29) is 16.3 Å². The van der Waals surface area contributed by atoms with Crippen LogP contribution >= 0.6 is 11.6 Å². The lowest BCUT2D eigenvalue weighted by atomic mass is 9.85. The number of hydrogen-bond acceptors (Lipinski definition) is 6. The summed E-state index contributed by atoms with van der Waals surface area (Å²) in [5, 5.41) is 16.5. The summed E-state index contributed by atoms with van der Waals surface area (Å²) in [5.74, 6) is -1.37. The number of carbonyl (C=O) groups is 1. The van der Waals surface area contributed by atoms with Crippen molar-refractivity contribution in [3.63, 3.8) is 0 Å². The molecule has 0 saturated carbocycles. The minimum absolute atomic E-state index is 0.0472. The molecule has 12 heteroatoms. The van der Waals surface area contributed by atoms with Crippen molar-refractivity contribution in [2.45, 2.75) is 58.1 Å². The van der Waals surface area contributed by atoms with E-state index in [2.05, 4.69) is 5.28 Å². The molecule has 0 aromatic heterocycles. The summed E-state index contributed by atoms with van der Waals surface area (Å²) in [6, 6.07) is 2.88. The molecule has 2 aliphatic heterocycles. The number of hydrogen-bond donors (Lipinski definition) is 0. The fraction of sp³-hybridized carbons (Fsp3) is 0.550. The third-order valence-corrected chi connectivity index (χ3v) is 5.20. The quantitative estimate of drug-likeness (QED) is 0.200. The monoisotopic (exact) mass is 477 g/mol. The Bertz CT molecular complexity index is 955. The second-order valence-electron chi connectivity index (χ2n) is 8.48. The number of halogens is 4. The van der Waals surface area contributed by atoms with Crippen LogP contribution in [0.3, 0.4) is 0 Å². The van der Waals surface area contributed by atoms with Crippen molar-refractivity contribution >= 4 is 23.6 Å². The molecule has 2 aliphatic rings. The Labute approximate surface area is 187 Å². The molecule has 0 radical (unpaired) electrons. The van der Waals surface area contributed by atoms with Gasteiger partial charge in [-0.15, -0.1) is 5.01 Å². The van der Waals surface area contributed by atoms with E-state index in [1.54, 1.807) is 0 Å². The second-order valence-corrected chi connectivity index (χ2v) is 8.89. The first-order chi connectivity index (χ1) is 14.8. The lowest BCUT2D eigenvalue weighted by molar-refractivity contribution is -0.724. The van der Waals surface area contributed by atoms with E-state index < -0.39 is 35.5 Å². The Hall–Kier alpha value is -2.69. The van der Waals surface area contributed by atoms with Crippen LogP contribution < -0.4 is 4.74 Å². The molecule has 2 heterocycles. The molecule has 176 valence electrons. The van der Waals surface area contributed by atoms with Gasteiger partial charge in [-0.2, -0.15) is 13.2 Å². The Morgan fingerprint density at radius 3 is 2.53 bits per heavy atom. The van der Waals surface area contributed by atoms with Gasteiger partial charge in [0.25, 0.3) is 6.29 Å². The number of rotatable bonds is 5. The molecule has 1 aromatic carbocycles. The first-order valence-corrected chi connectivity index (χ1v) is 10.2. The summed E-state index contributed by atoms with van der Waals surface area (Å²) in [7, 11) is 0. The molecule has 0 N–H and O–H groups in total. The lowest BCUT2D eigenvalue weighted by Gasteiger charge is -2.30. The van der Waals surface area contributed by atoms with Gasteiger partial charge in [-0.05, 0) is 35.6 Å². The first-order valence-electron chi connectivity index (χ1n) is 9.86. The molecule has 2 atom stereocenters. The smallest absolute Gasteiger partial charge is 0.430 e. The summed E-state index contributed by atoms with van der Waals surface area (Å²) in [4.78, 5) is 17.5. The third kappa shape index (κ3) is 5.20. The van der Waals surface area contributed by atoms with Gasteiger partial charge in [-0.3, -0.25) is 4.84 Å². The van der Waals surface area contributed by atoms with Crippen molar-refractivity contribution in [2.24, 2.45) is 5.28 Å². The van der Waals surface area contributed by atoms with Crippen molar-refractivity contribution in [2.75, 3.05) is 13.1 Å². The van der Waals surface area contributed by atoms with E-state index >= 15 is 0 Å². The van der Waals surface area contributed by atoms with Gasteiger partial charge in [0.05, 0.1) is 23.6 Å². The van der Waals surface area contributed by atoms with Crippen molar-refractivity contribution < 1.29 is 37.2 Å². The summed E-state index contributed by atoms with van der Waals surface area (Å²) >= 11 is 6.30. The van der Waals surface area contributed by atoms with Crippen LogP contribution in [0.4, 0.5) is 13.2 Å². The van der Waals surface area contributed by atoms with E-state index in [1.807, 2.05) is 20.8 Å². The number of esters is 1. The van der Waals surface area contributed by atoms with Gasteiger partial charge in [0.2, 0.25) is 11.4 Å². The molecule has 32 heavy (non-hydrogen) atoms. The Morgan fingerprint density at radius 2 is 2.00 bits per heavy atom. The highest BCUT2D eigenvalue weighted by Gasteiger charge is 2.49. The van der Waals surface area contributed by atoms with Gasteiger partial charge in [0.15, 0.2) is 0 Å². The van der Waals surface area contributed by atoms with E-state index in [0.29, 0.717) is 23.7 Å². The maximum absolute atomic E-state index is 13.7. The molecule has 1 saturated heterocycles. The van der Waals surface area contributed by atoms with Crippen LogP contribution in [-0.4, -0.2) is 47.6 Å². The highest BCUT2D eigenvalue weighted by Crippen LogP contribution is 2.42. The van der Waals surface area contributed by atoms with Crippen LogP contribution in [0.15, 0.2) is 23.0 Å². The van der Waals surface area contributed by atoms with Crippen LogP contribution in [0.2, 0.25) is 5.02 Å². The summed E-state index contributed by atoms with van der Waals surface area (Å²) in [6.45, 7) is 7.81. The van der Waals surface area contributed by atoms with Crippen LogP contribution in [0.5, 0.6) is 5.75 Å². The van der Waals surface area contributed by atoms with E-state index in [4.69, 9.17) is 25.9 Å². The topological polar surface area (TPSA) is 86.4 Å². The summed E-state index contributed by atoms with van der Waals surface area (Å²) in [6.07, 6.45) is -6.99. The minimum atomic E-state index is -4.89. The maximum atomic E-state index is 13.7. The zero-order chi connectivity index (χ0) is 23.8. The number of fused-ring (bicyclic) bond motifs is 1. The zero-order valence-electron chi connectivity index (χ0n) is 17.9. The largest absolute Gasteiger partial charge is 0.569 e. The van der Waals surface area contributed by atoms with Gasteiger partial charge >= 0.3 is 12.1 Å². The Balaban J connectivity index is 1.84. The van der Waals surface area contributed by atoms with Gasteiger partial charge in [-0.25, -0.2) is 4.79 Å². The average molecular weight is 478 g/mol. The van der Waals surface area contributed by atoms with Gasteiger partial charge in [0.1, 0.15) is 5.75 Å². The Kier molecular flexibility index (Phi) is 6.50. The molecule has 0 amide bonds. The maximum Gasteiger partial charge on any atom is 0.430 e. The predicted molar refractivity (Wildman–Crippen MR) is 107 cm³/mol. The van der Waals surface area contributed by atoms with Crippen molar-refractivity contribution in [3.05, 3.63) is 39.1 Å². The van der Waals surface area contributed by atoms with Crippen molar-refractivity contribution in [1.29, 1.82) is 0 Å². The normalized spacial score (nSPS) is 19.9. The van der Waals surface area contributed by atoms with Gasteiger partial charge in [-0.1, -0.05) is 32.4 Å². The molecule has 1 fully saturated rings. The van der Waals surface area contributed by atoms with Crippen LogP contribution in [0.1, 0.15) is 45.2 Å². The molecule has 0 bridgehead atoms. The number of hydrazine groups is 1. The van der Waals surface area contributed by atoms with E-state index in [1.165, 1.54) is 24.1 Å². The fourth-order valence-electron chi connectivity index (χ4n) is 3.07. The molecule has 1 unspecified atom stereocenters. The van der Waals surface area contributed by atoms with Crippen LogP contribution in [-0.2, 0) is 19.8 Å². The lowest BCUT2D eigenvalue weighted by Crippen LogP contribution is -2.42. The highest BCUT2D eigenvalue weighted by atomic mass is 35.5. The molecule has 0 aliphatic carbocycles. The molecule has 1 aromatic rings. The van der Waals surface area contributed by atoms with Crippen molar-refractivity contribution in [3.8, 4) is 5.75 Å². The Morgan fingerprint density at radius 1 is 1.34 bits per heavy atom. The van der Waals surface area contributed by atoms with E-state index in [0.717, 1.165) is 12.5 Å². The van der Waals surface area contributed by atoms with Gasteiger partial charge in [0, 0.05) is 17.5 Å². The molecular formula is C20H23ClF3N3O5. The average Bonchev–Trinajstić information content (AvgIpc) is 2.61. The fourth-order valence-corrected chi connectivity index (χ4v) is 3.53. The van der Waals surface area contributed by atoms with E-state index in [9.17, 15) is 23.2 Å². The minimum Gasteiger partial charge on any atom is -0.569 e. The van der Waals surface area contributed by atoms with Crippen LogP contribution in [0.25, 0.3) is 6.08 Å². The summed E-state index contributed by atoms with van der Waals surface area (Å²) in [5.41, 5.74) is -0.404. The molecule has 8 nitrogen and oxygen atoms in total. The zero-order valence-corrected chi connectivity index (χ0v) is 18.7. The second kappa shape index (κ2) is 8.68. The van der Waals surface area contributed by atoms with Crippen molar-refractivity contribution in [1.82, 2.24) is 5.01 Å². The van der Waals surface area contributed by atoms with Gasteiger partial charge < -0.3 is 14.7 Å². The third-order valence-electron chi connectivity index (χ3n) is 4.89. The number of benzene rings is 1.